The predicted octanol–water partition coefficient (Wildman–Crippen LogP) is 5.34. The largest absolute Gasteiger partial charge is 0.483 e. The Morgan fingerprint density at radius 3 is 2.60 bits per heavy atom. The number of hydrogen-bond acceptors (Lipinski definition) is 8. The molecule has 6 rings (SSSR count). The Hall–Kier alpha value is -3.50. The number of nitrogens with zero attached hydrogens (tertiary/aromatic N) is 6. The number of piperidine rings is 1. The van der Waals surface area contributed by atoms with Gasteiger partial charge in [0.25, 0.3) is 0 Å². The summed E-state index contributed by atoms with van der Waals surface area (Å²) in [5, 5.41) is 18.4. The molecular weight excluding hydrogens is 604 g/mol. The van der Waals surface area contributed by atoms with Crippen LogP contribution in [0.25, 0.3) is 22.2 Å². The van der Waals surface area contributed by atoms with Crippen LogP contribution in [0.5, 0.6) is 5.75 Å². The average Bonchev–Trinajstić information content (AvgIpc) is 3.33. The molecule has 1 spiro atoms. The topological polar surface area (TPSA) is 128 Å². The minimum absolute atomic E-state index is 0.0202. The predicted molar refractivity (Wildman–Crippen MR) is 158 cm³/mol. The normalized spacial score (nSPS) is 17.7. The van der Waals surface area contributed by atoms with Gasteiger partial charge in [0.15, 0.2) is 11.6 Å². The Kier molecular flexibility index (Phi) is 7.25. The van der Waals surface area contributed by atoms with Crippen molar-refractivity contribution < 1.29 is 17.5 Å². The number of pyridine rings is 2. The molecule has 10 nitrogen and oxygen atoms in total. The highest BCUT2D eigenvalue weighted by Gasteiger charge is 2.48. The third-order valence-corrected chi connectivity index (χ3v) is 9.78. The van der Waals surface area contributed by atoms with Crippen LogP contribution >= 0.6 is 23.2 Å². The summed E-state index contributed by atoms with van der Waals surface area (Å²) in [5.41, 5.74) is 2.21. The van der Waals surface area contributed by atoms with E-state index in [9.17, 15) is 13.7 Å². The number of benzene rings is 1. The molecule has 3 aromatic heterocycles. The average molecular weight is 631 g/mol. The maximum atomic E-state index is 15.0. The lowest BCUT2D eigenvalue weighted by molar-refractivity contribution is 0.108. The summed E-state index contributed by atoms with van der Waals surface area (Å²) in [5.74, 6) is -0.0766. The van der Waals surface area contributed by atoms with Gasteiger partial charge in [-0.3, -0.25) is 10.1 Å². The zero-order valence-corrected chi connectivity index (χ0v) is 25.1. The van der Waals surface area contributed by atoms with E-state index in [4.69, 9.17) is 27.9 Å². The number of nitriles is 1. The van der Waals surface area contributed by atoms with E-state index < -0.39 is 21.9 Å². The molecule has 0 aliphatic carbocycles. The second-order valence-corrected chi connectivity index (χ2v) is 13.7. The molecule has 1 N–H and O–H groups in total. The first-order chi connectivity index (χ1) is 20.0. The van der Waals surface area contributed by atoms with Crippen molar-refractivity contribution in [2.75, 3.05) is 37.3 Å². The van der Waals surface area contributed by atoms with E-state index in [-0.39, 0.29) is 11.2 Å². The molecule has 1 unspecified atom stereocenters. The molecule has 2 aliphatic rings. The zero-order chi connectivity index (χ0) is 29.8. The van der Waals surface area contributed by atoms with Gasteiger partial charge in [-0.25, -0.2) is 22.1 Å². The van der Waals surface area contributed by atoms with Gasteiger partial charge in [0, 0.05) is 72.8 Å². The van der Waals surface area contributed by atoms with Crippen molar-refractivity contribution in [1.82, 2.24) is 24.5 Å². The first kappa shape index (κ1) is 28.6. The fraction of sp³-hybridized carbons (Fsp3) is 0.357. The fourth-order valence-electron chi connectivity index (χ4n) is 5.93. The number of sulfonamides is 1. The Balaban J connectivity index is 1.26. The molecule has 42 heavy (non-hydrogen) atoms. The van der Waals surface area contributed by atoms with Gasteiger partial charge in [-0.1, -0.05) is 23.2 Å². The summed E-state index contributed by atoms with van der Waals surface area (Å²) in [6, 6.07) is 6.77. The number of aromatic nitrogens is 4. The lowest BCUT2D eigenvalue weighted by Crippen LogP contribution is -2.63. The third kappa shape index (κ3) is 5.15. The standard InChI is InChI=1S/C28H26Cl2FN7O3S/c1-16(25-20(29)11-33-12-21(25)30)41-24-7-19-23(8-22(24)31)35-36-26(19)18-6-17(9-32)27(34-10-18)37-13-28(14-37)4-3-5-38(15-28)42(2,39)40/h6-8,10-12,16H,3-5,13-15H2,1-2H3,(H,35,36). The molecule has 2 aliphatic heterocycles. The molecule has 4 aromatic rings. The van der Waals surface area contributed by atoms with Crippen LogP contribution in [0.15, 0.2) is 36.8 Å². The SMILES string of the molecule is CC(Oc1cc2c(-c3cnc(N4CC5(CCCN(S(C)(=O)=O)C5)C4)c(C#N)c3)n[nH]c2cc1F)c1c(Cl)cncc1Cl. The monoisotopic (exact) mass is 629 g/mol. The van der Waals surface area contributed by atoms with E-state index in [2.05, 4.69) is 26.2 Å². The highest BCUT2D eigenvalue weighted by molar-refractivity contribution is 7.88. The van der Waals surface area contributed by atoms with Gasteiger partial charge < -0.3 is 9.64 Å². The van der Waals surface area contributed by atoms with E-state index in [0.29, 0.717) is 75.3 Å². The Morgan fingerprint density at radius 1 is 1.17 bits per heavy atom. The zero-order valence-electron chi connectivity index (χ0n) is 22.7. The van der Waals surface area contributed by atoms with Crippen LogP contribution in [0.4, 0.5) is 10.2 Å². The minimum Gasteiger partial charge on any atom is -0.483 e. The van der Waals surface area contributed by atoms with Gasteiger partial charge in [-0.2, -0.15) is 10.4 Å². The molecule has 5 heterocycles. The first-order valence-electron chi connectivity index (χ1n) is 13.2. The van der Waals surface area contributed by atoms with Gasteiger partial charge in [-0.15, -0.1) is 0 Å². The summed E-state index contributed by atoms with van der Waals surface area (Å²) in [4.78, 5) is 10.6. The molecule has 0 radical (unpaired) electrons. The van der Waals surface area contributed by atoms with E-state index in [1.54, 1.807) is 29.6 Å². The van der Waals surface area contributed by atoms with Crippen molar-refractivity contribution in [1.29, 1.82) is 5.26 Å². The van der Waals surface area contributed by atoms with Crippen molar-refractivity contribution in [3.8, 4) is 23.1 Å². The lowest BCUT2D eigenvalue weighted by atomic mass is 9.74. The van der Waals surface area contributed by atoms with Crippen LogP contribution in [-0.2, 0) is 10.0 Å². The summed E-state index contributed by atoms with van der Waals surface area (Å²) in [7, 11) is -3.26. The van der Waals surface area contributed by atoms with Gasteiger partial charge in [0.1, 0.15) is 23.7 Å². The molecule has 0 bridgehead atoms. The number of halogens is 3. The van der Waals surface area contributed by atoms with Crippen molar-refractivity contribution in [2.45, 2.75) is 25.9 Å². The van der Waals surface area contributed by atoms with Crippen LogP contribution in [0.2, 0.25) is 10.0 Å². The molecule has 2 fully saturated rings. The highest BCUT2D eigenvalue weighted by Crippen LogP contribution is 2.43. The Morgan fingerprint density at radius 2 is 1.90 bits per heavy atom. The molecular formula is C28H26Cl2FN7O3S. The Bertz CT molecular complexity index is 1830. The van der Waals surface area contributed by atoms with E-state index in [0.717, 1.165) is 12.8 Å². The molecule has 1 aromatic carbocycles. The van der Waals surface area contributed by atoms with Gasteiger partial charge >= 0.3 is 0 Å². The molecule has 0 amide bonds. The van der Waals surface area contributed by atoms with Crippen LogP contribution in [-0.4, -0.2) is 65.3 Å². The maximum absolute atomic E-state index is 15.0. The molecule has 14 heteroatoms. The number of ether oxygens (including phenoxy) is 1. The Labute approximate surface area is 252 Å². The van der Waals surface area contributed by atoms with Gasteiger partial charge in [-0.05, 0) is 31.9 Å². The van der Waals surface area contributed by atoms with E-state index >= 15 is 4.39 Å². The summed E-state index contributed by atoms with van der Waals surface area (Å²) in [6.45, 7) is 3.96. The van der Waals surface area contributed by atoms with E-state index in [1.807, 2.05) is 4.90 Å². The second-order valence-electron chi connectivity index (χ2n) is 10.9. The molecule has 1 atom stereocenters. The minimum atomic E-state index is -3.26. The van der Waals surface area contributed by atoms with Gasteiger partial charge in [0.05, 0.1) is 27.4 Å². The quantitative estimate of drug-likeness (QED) is 0.303. The maximum Gasteiger partial charge on any atom is 0.211 e. The summed E-state index contributed by atoms with van der Waals surface area (Å²) in [6.07, 6.45) is 6.81. The first-order valence-corrected chi connectivity index (χ1v) is 15.8. The molecule has 218 valence electrons. The highest BCUT2D eigenvalue weighted by atomic mass is 35.5. The van der Waals surface area contributed by atoms with Crippen molar-refractivity contribution in [3.63, 3.8) is 0 Å². The lowest BCUT2D eigenvalue weighted by Gasteiger charge is -2.54. The van der Waals surface area contributed by atoms with Crippen molar-refractivity contribution in [2.24, 2.45) is 5.41 Å². The summed E-state index contributed by atoms with van der Waals surface area (Å²) >= 11 is 12.5. The smallest absolute Gasteiger partial charge is 0.211 e. The number of nitrogens with one attached hydrogen (secondary N) is 1. The van der Waals surface area contributed by atoms with Crippen molar-refractivity contribution in [3.05, 3.63) is 63.8 Å². The number of hydrogen-bond donors (Lipinski definition) is 1. The number of H-pyrrole nitrogens is 1. The second kappa shape index (κ2) is 10.6. The third-order valence-electron chi connectivity index (χ3n) is 7.92. The van der Waals surface area contributed by atoms with Crippen molar-refractivity contribution >= 4 is 49.9 Å². The fourth-order valence-corrected chi connectivity index (χ4v) is 7.57. The van der Waals surface area contributed by atoms with Gasteiger partial charge in [0.2, 0.25) is 10.0 Å². The summed E-state index contributed by atoms with van der Waals surface area (Å²) < 4.78 is 46.7. The van der Waals surface area contributed by atoms with Crippen LogP contribution in [0, 0.1) is 22.6 Å². The molecule has 0 saturated carbocycles. The number of rotatable bonds is 6. The van der Waals surface area contributed by atoms with Crippen LogP contribution in [0.3, 0.4) is 0 Å². The van der Waals surface area contributed by atoms with Crippen LogP contribution < -0.4 is 9.64 Å². The number of fused-ring (bicyclic) bond motifs is 1. The number of anilines is 1. The van der Waals surface area contributed by atoms with Crippen LogP contribution in [0.1, 0.15) is 37.0 Å². The molecule has 2 saturated heterocycles. The number of aromatic amines is 1. The van der Waals surface area contributed by atoms with E-state index in [1.165, 1.54) is 24.7 Å².